The van der Waals surface area contributed by atoms with Crippen LogP contribution in [0, 0.1) is 0 Å². The second-order valence-electron chi connectivity index (χ2n) is 16.4. The zero-order valence-corrected chi connectivity index (χ0v) is 31.2. The van der Waals surface area contributed by atoms with Crippen molar-refractivity contribution in [2.24, 2.45) is 0 Å². The normalized spacial score (nSPS) is 14.6. The van der Waals surface area contributed by atoms with Crippen molar-refractivity contribution in [2.75, 3.05) is 0 Å². The van der Waals surface area contributed by atoms with Crippen LogP contribution in [-0.2, 0) is 10.8 Å². The fourth-order valence-corrected chi connectivity index (χ4v) is 10.2. The van der Waals surface area contributed by atoms with Crippen LogP contribution in [-0.4, -0.2) is 0 Å². The van der Waals surface area contributed by atoms with Crippen LogP contribution < -0.4 is 0 Å². The van der Waals surface area contributed by atoms with E-state index in [-0.39, 0.29) is 10.8 Å². The molecule has 0 N–H and O–H groups in total. The minimum Gasteiger partial charge on any atom is -0.0619 e. The molecule has 0 bridgehead atoms. The van der Waals surface area contributed by atoms with Gasteiger partial charge in [-0.05, 0) is 128 Å². The molecule has 256 valence electrons. The molecule has 0 fully saturated rings. The van der Waals surface area contributed by atoms with E-state index >= 15 is 0 Å². The van der Waals surface area contributed by atoms with E-state index in [1.54, 1.807) is 0 Å². The summed E-state index contributed by atoms with van der Waals surface area (Å²) in [5.41, 5.74) is 18.5. The van der Waals surface area contributed by atoms with Gasteiger partial charge in [0.1, 0.15) is 0 Å². The summed E-state index contributed by atoms with van der Waals surface area (Å²) in [5.74, 6) is 0. The zero-order valence-electron chi connectivity index (χ0n) is 31.2. The number of hydrogen-bond acceptors (Lipinski definition) is 0. The van der Waals surface area contributed by atoms with Crippen molar-refractivity contribution >= 4 is 32.3 Å². The minimum atomic E-state index is -0.0594. The maximum absolute atomic E-state index is 2.48. The van der Waals surface area contributed by atoms with Crippen LogP contribution in [0.5, 0.6) is 0 Å². The third kappa shape index (κ3) is 4.26. The fourth-order valence-electron chi connectivity index (χ4n) is 10.2. The molecule has 0 spiro atoms. The van der Waals surface area contributed by atoms with Gasteiger partial charge in [0.25, 0.3) is 0 Å². The van der Waals surface area contributed by atoms with Crippen LogP contribution in [0.2, 0.25) is 0 Å². The highest BCUT2D eigenvalue weighted by Crippen LogP contribution is 2.53. The van der Waals surface area contributed by atoms with E-state index in [0.29, 0.717) is 0 Å². The van der Waals surface area contributed by atoms with Gasteiger partial charge in [-0.1, -0.05) is 179 Å². The Labute approximate surface area is 317 Å². The summed E-state index contributed by atoms with van der Waals surface area (Å²) in [6.07, 6.45) is 0. The van der Waals surface area contributed by atoms with Crippen molar-refractivity contribution in [3.05, 3.63) is 192 Å². The lowest BCUT2D eigenvalue weighted by Crippen LogP contribution is -2.14. The summed E-state index contributed by atoms with van der Waals surface area (Å²) in [5, 5.41) is 7.65. The number of rotatable bonds is 3. The molecule has 2 aliphatic rings. The monoisotopic (exact) mass is 688 g/mol. The Hall–Kier alpha value is -6.24. The summed E-state index contributed by atoms with van der Waals surface area (Å²) in [4.78, 5) is 0. The van der Waals surface area contributed by atoms with Crippen molar-refractivity contribution in [1.29, 1.82) is 0 Å². The first kappa shape index (κ1) is 31.3. The van der Waals surface area contributed by atoms with Gasteiger partial charge in [0, 0.05) is 10.8 Å². The molecule has 0 nitrogen and oxygen atoms in total. The molecule has 0 aromatic heterocycles. The molecule has 0 saturated carbocycles. The Morgan fingerprint density at radius 1 is 0.278 bits per heavy atom. The molecule has 9 aromatic carbocycles. The fraction of sp³-hybridized carbons (Fsp3) is 0.111. The predicted molar refractivity (Wildman–Crippen MR) is 230 cm³/mol. The van der Waals surface area contributed by atoms with Crippen LogP contribution >= 0.6 is 0 Å². The first-order valence-corrected chi connectivity index (χ1v) is 19.3. The first-order chi connectivity index (χ1) is 26.3. The van der Waals surface area contributed by atoms with E-state index in [2.05, 4.69) is 198 Å². The van der Waals surface area contributed by atoms with E-state index in [1.165, 1.54) is 110 Å². The second kappa shape index (κ2) is 11.1. The van der Waals surface area contributed by atoms with E-state index in [1.807, 2.05) is 0 Å². The van der Waals surface area contributed by atoms with E-state index in [4.69, 9.17) is 0 Å². The van der Waals surface area contributed by atoms with Gasteiger partial charge in [0.2, 0.25) is 0 Å². The Morgan fingerprint density at radius 2 is 0.778 bits per heavy atom. The summed E-state index contributed by atoms with van der Waals surface area (Å²) < 4.78 is 0. The maximum atomic E-state index is 2.48. The SMILES string of the molecule is CC1(C)c2ccccc2-c2cc(-c3c4ccccc4c(-c4cccc5ccccc45)c4ccc(-c5ccc6c(c5)C(C)(C)c5ccccc5-6)cc34)ccc21. The molecule has 0 saturated heterocycles. The molecule has 0 unspecified atom stereocenters. The number of fused-ring (bicyclic) bond motifs is 9. The quantitative estimate of drug-likeness (QED) is 0.162. The average Bonchev–Trinajstić information content (AvgIpc) is 3.58. The van der Waals surface area contributed by atoms with E-state index in [0.717, 1.165) is 0 Å². The third-order valence-electron chi connectivity index (χ3n) is 12.9. The minimum absolute atomic E-state index is 0.0407. The molecule has 0 heterocycles. The van der Waals surface area contributed by atoms with Crippen molar-refractivity contribution in [2.45, 2.75) is 38.5 Å². The van der Waals surface area contributed by atoms with Gasteiger partial charge in [0.15, 0.2) is 0 Å². The highest BCUT2D eigenvalue weighted by molar-refractivity contribution is 6.24. The highest BCUT2D eigenvalue weighted by atomic mass is 14.4. The number of hydrogen-bond donors (Lipinski definition) is 0. The first-order valence-electron chi connectivity index (χ1n) is 19.3. The highest BCUT2D eigenvalue weighted by Gasteiger charge is 2.36. The molecule has 9 aromatic rings. The molecular formula is C54H40. The summed E-state index contributed by atoms with van der Waals surface area (Å²) >= 11 is 0. The largest absolute Gasteiger partial charge is 0.0619 e. The van der Waals surface area contributed by atoms with Gasteiger partial charge in [-0.25, -0.2) is 0 Å². The lowest BCUT2D eigenvalue weighted by Gasteiger charge is -2.23. The third-order valence-corrected chi connectivity index (χ3v) is 12.9. The molecule has 54 heavy (non-hydrogen) atoms. The van der Waals surface area contributed by atoms with Gasteiger partial charge in [-0.15, -0.1) is 0 Å². The Morgan fingerprint density at radius 3 is 1.56 bits per heavy atom. The van der Waals surface area contributed by atoms with Gasteiger partial charge in [0.05, 0.1) is 0 Å². The second-order valence-corrected chi connectivity index (χ2v) is 16.4. The topological polar surface area (TPSA) is 0 Å². The maximum Gasteiger partial charge on any atom is 0.0159 e. The summed E-state index contributed by atoms with van der Waals surface area (Å²) in [6.45, 7) is 9.47. The molecule has 0 atom stereocenters. The smallest absolute Gasteiger partial charge is 0.0159 e. The van der Waals surface area contributed by atoms with Crippen LogP contribution in [0.3, 0.4) is 0 Å². The van der Waals surface area contributed by atoms with Gasteiger partial charge >= 0.3 is 0 Å². The number of benzene rings is 9. The molecular weight excluding hydrogens is 649 g/mol. The molecule has 0 radical (unpaired) electrons. The average molecular weight is 689 g/mol. The van der Waals surface area contributed by atoms with Gasteiger partial charge < -0.3 is 0 Å². The molecule has 11 rings (SSSR count). The van der Waals surface area contributed by atoms with Gasteiger partial charge in [-0.3, -0.25) is 0 Å². The molecule has 2 aliphatic carbocycles. The van der Waals surface area contributed by atoms with Crippen LogP contribution in [0.1, 0.15) is 49.9 Å². The standard InChI is InChI=1S/C54H40/c1-53(2)48-23-12-10-18-39(48)45-31-36(26-29-49(45)53)51-42-19-7-8-20-43(42)52(41-21-13-15-33-14-5-6-16-37(33)41)44-28-25-34(30-46(44)51)35-24-27-40-38-17-9-11-22-47(38)54(3,4)50(40)32-35/h5-32H,1-4H3. The van der Waals surface area contributed by atoms with Crippen molar-refractivity contribution in [3.63, 3.8) is 0 Å². The van der Waals surface area contributed by atoms with Crippen molar-refractivity contribution < 1.29 is 0 Å². The lowest BCUT2D eigenvalue weighted by atomic mass is 9.80. The van der Waals surface area contributed by atoms with E-state index in [9.17, 15) is 0 Å². The Bertz CT molecular complexity index is 3040. The summed E-state index contributed by atoms with van der Waals surface area (Å²) in [6, 6.07) is 64.2. The van der Waals surface area contributed by atoms with Gasteiger partial charge in [-0.2, -0.15) is 0 Å². The zero-order chi connectivity index (χ0) is 36.3. The predicted octanol–water partition coefficient (Wildman–Crippen LogP) is 14.8. The van der Waals surface area contributed by atoms with Crippen LogP contribution in [0.25, 0.3) is 88.0 Å². The summed E-state index contributed by atoms with van der Waals surface area (Å²) in [7, 11) is 0. The molecule has 0 amide bonds. The lowest BCUT2D eigenvalue weighted by molar-refractivity contribution is 0.660. The molecule has 0 heteroatoms. The van der Waals surface area contributed by atoms with Crippen LogP contribution in [0.15, 0.2) is 170 Å². The van der Waals surface area contributed by atoms with Crippen LogP contribution in [0.4, 0.5) is 0 Å². The molecule has 0 aliphatic heterocycles. The van der Waals surface area contributed by atoms with Crippen molar-refractivity contribution in [3.8, 4) is 55.6 Å². The van der Waals surface area contributed by atoms with Crippen molar-refractivity contribution in [1.82, 2.24) is 0 Å². The Kier molecular flexibility index (Phi) is 6.46. The Balaban J connectivity index is 1.22. The van der Waals surface area contributed by atoms with E-state index < -0.39 is 0 Å².